The summed E-state index contributed by atoms with van der Waals surface area (Å²) in [6, 6.07) is 10.2. The van der Waals surface area contributed by atoms with E-state index in [1.807, 2.05) is 55.2 Å². The Morgan fingerprint density at radius 3 is 2.68 bits per heavy atom. The van der Waals surface area contributed by atoms with Crippen LogP contribution in [-0.4, -0.2) is 54.1 Å². The van der Waals surface area contributed by atoms with Crippen molar-refractivity contribution in [3.05, 3.63) is 52.8 Å². The molecule has 1 heterocycles. The van der Waals surface area contributed by atoms with Gasteiger partial charge in [-0.05, 0) is 49.9 Å². The van der Waals surface area contributed by atoms with Crippen molar-refractivity contribution in [1.82, 2.24) is 20.1 Å². The van der Waals surface area contributed by atoms with Gasteiger partial charge in [0.15, 0.2) is 12.6 Å². The molecular weight excluding hydrogens is 414 g/mol. The van der Waals surface area contributed by atoms with Gasteiger partial charge in [-0.3, -0.25) is 9.79 Å². The van der Waals surface area contributed by atoms with E-state index in [9.17, 15) is 4.79 Å². The summed E-state index contributed by atoms with van der Waals surface area (Å²) in [4.78, 5) is 18.6. The number of ether oxygens (including phenoxy) is 1. The molecule has 2 N–H and O–H groups in total. The number of amides is 1. The molecule has 0 atom stereocenters. The number of carbonyl (C=O) groups is 1. The zero-order chi connectivity index (χ0) is 22.2. The fourth-order valence-corrected chi connectivity index (χ4v) is 3.47. The number of halogens is 1. The van der Waals surface area contributed by atoms with Gasteiger partial charge in [0, 0.05) is 45.1 Å². The minimum Gasteiger partial charge on any atom is -0.484 e. The maximum atomic E-state index is 11.7. The van der Waals surface area contributed by atoms with Crippen molar-refractivity contribution in [1.29, 1.82) is 0 Å². The van der Waals surface area contributed by atoms with Crippen LogP contribution < -0.4 is 15.4 Å². The number of carbonyl (C=O) groups excluding carboxylic acids is 1. The summed E-state index contributed by atoms with van der Waals surface area (Å²) in [6.45, 7) is 4.31. The Balaban J connectivity index is 1.48. The first kappa shape index (κ1) is 23.0. The largest absolute Gasteiger partial charge is 0.484 e. The van der Waals surface area contributed by atoms with Crippen LogP contribution in [0.4, 0.5) is 0 Å². The number of hydrogen-bond acceptors (Lipinski definition) is 3. The molecule has 1 aliphatic rings. The average molecular weight is 446 g/mol. The van der Waals surface area contributed by atoms with Crippen LogP contribution >= 0.6 is 11.6 Å². The van der Waals surface area contributed by atoms with Crippen LogP contribution in [0.1, 0.15) is 31.0 Å². The molecule has 8 heteroatoms. The molecule has 0 aliphatic heterocycles. The summed E-state index contributed by atoms with van der Waals surface area (Å²) in [5.74, 6) is 1.51. The molecule has 0 radical (unpaired) electrons. The van der Waals surface area contributed by atoms with Gasteiger partial charge in [-0.1, -0.05) is 23.7 Å². The summed E-state index contributed by atoms with van der Waals surface area (Å²) in [7, 11) is 4.01. The number of aliphatic imine (C=N–C) groups is 1. The third-order valence-corrected chi connectivity index (χ3v) is 5.27. The molecule has 2 aromatic rings. The molecular formula is C23H32ClN5O2. The van der Waals surface area contributed by atoms with Gasteiger partial charge < -0.3 is 24.8 Å². The first-order valence-corrected chi connectivity index (χ1v) is 11.1. The molecule has 1 saturated carbocycles. The van der Waals surface area contributed by atoms with E-state index in [0.717, 1.165) is 49.0 Å². The molecule has 0 bridgehead atoms. The van der Waals surface area contributed by atoms with Crippen LogP contribution in [0.3, 0.4) is 0 Å². The van der Waals surface area contributed by atoms with E-state index in [0.29, 0.717) is 18.3 Å². The zero-order valence-corrected chi connectivity index (χ0v) is 19.3. The van der Waals surface area contributed by atoms with Crippen molar-refractivity contribution < 1.29 is 9.53 Å². The molecule has 1 aromatic heterocycles. The number of aryl methyl sites for hydroxylation is 1. The monoisotopic (exact) mass is 445 g/mol. The fourth-order valence-electron chi connectivity index (χ4n) is 3.20. The minimum absolute atomic E-state index is 0.0569. The Morgan fingerprint density at radius 1 is 1.32 bits per heavy atom. The van der Waals surface area contributed by atoms with E-state index in [2.05, 4.69) is 22.5 Å². The Kier molecular flexibility index (Phi) is 8.23. The Hall–Kier alpha value is -2.67. The van der Waals surface area contributed by atoms with Crippen molar-refractivity contribution in [3.8, 4) is 5.75 Å². The number of guanidine groups is 1. The Labute approximate surface area is 189 Å². The van der Waals surface area contributed by atoms with Crippen LogP contribution in [0, 0.1) is 0 Å². The second kappa shape index (κ2) is 11.1. The second-order valence-electron chi connectivity index (χ2n) is 7.88. The highest BCUT2D eigenvalue weighted by Crippen LogP contribution is 2.18. The first-order chi connectivity index (χ1) is 14.9. The van der Waals surface area contributed by atoms with Gasteiger partial charge in [0.2, 0.25) is 0 Å². The number of nitrogens with zero attached hydrogens (tertiary/aromatic N) is 3. The van der Waals surface area contributed by atoms with Gasteiger partial charge in [0.1, 0.15) is 5.75 Å². The number of aromatic nitrogens is 1. The molecule has 1 amide bonds. The molecule has 0 unspecified atom stereocenters. The highest BCUT2D eigenvalue weighted by molar-refractivity contribution is 6.30. The van der Waals surface area contributed by atoms with Crippen molar-refractivity contribution in [2.24, 2.45) is 12.0 Å². The fraction of sp³-hybridized carbons (Fsp3) is 0.478. The van der Waals surface area contributed by atoms with Gasteiger partial charge in [0.05, 0.1) is 11.6 Å². The molecule has 0 spiro atoms. The molecule has 0 saturated heterocycles. The Bertz CT molecular complexity index is 890. The predicted molar refractivity (Wildman–Crippen MR) is 125 cm³/mol. The number of nitrogens with one attached hydrogen (secondary N) is 2. The van der Waals surface area contributed by atoms with Crippen molar-refractivity contribution in [2.75, 3.05) is 26.7 Å². The standard InChI is InChI=1S/C23H32ClN5O2/c1-4-25-23(29(3)15-20-13-18(24)14-28(20)2)26-12-11-17-5-9-21(10-6-17)31-16-22(30)27-19-7-8-19/h5-6,9-10,13-14,19H,4,7-8,11-12,15-16H2,1-3H3,(H,25,26)(H,27,30). The van der Waals surface area contributed by atoms with Gasteiger partial charge >= 0.3 is 0 Å². The second-order valence-corrected chi connectivity index (χ2v) is 8.31. The Morgan fingerprint density at radius 2 is 2.06 bits per heavy atom. The average Bonchev–Trinajstić information content (AvgIpc) is 3.49. The van der Waals surface area contributed by atoms with Crippen LogP contribution in [-0.2, 0) is 24.8 Å². The van der Waals surface area contributed by atoms with Crippen LogP contribution in [0.25, 0.3) is 0 Å². The van der Waals surface area contributed by atoms with E-state index >= 15 is 0 Å². The smallest absolute Gasteiger partial charge is 0.258 e. The molecule has 7 nitrogen and oxygen atoms in total. The third kappa shape index (κ3) is 7.51. The normalized spacial score (nSPS) is 13.7. The van der Waals surface area contributed by atoms with Crippen LogP contribution in [0.5, 0.6) is 5.75 Å². The molecule has 3 rings (SSSR count). The molecule has 31 heavy (non-hydrogen) atoms. The SMILES string of the molecule is CCNC(=NCCc1ccc(OCC(=O)NC2CC2)cc1)N(C)Cc1cc(Cl)cn1C. The summed E-state index contributed by atoms with van der Waals surface area (Å²) in [5.41, 5.74) is 2.30. The molecule has 1 aliphatic carbocycles. The lowest BCUT2D eigenvalue weighted by Gasteiger charge is -2.22. The number of benzene rings is 1. The predicted octanol–water partition coefficient (Wildman–Crippen LogP) is 2.98. The summed E-state index contributed by atoms with van der Waals surface area (Å²) in [6.07, 6.45) is 4.88. The van der Waals surface area contributed by atoms with Gasteiger partial charge in [-0.15, -0.1) is 0 Å². The number of hydrogen-bond donors (Lipinski definition) is 2. The van der Waals surface area contributed by atoms with Crippen molar-refractivity contribution in [3.63, 3.8) is 0 Å². The highest BCUT2D eigenvalue weighted by atomic mass is 35.5. The number of rotatable bonds is 10. The first-order valence-electron chi connectivity index (χ1n) is 10.8. The van der Waals surface area contributed by atoms with E-state index in [4.69, 9.17) is 21.3 Å². The lowest BCUT2D eigenvalue weighted by molar-refractivity contribution is -0.123. The summed E-state index contributed by atoms with van der Waals surface area (Å²) in [5, 5.41) is 7.00. The zero-order valence-electron chi connectivity index (χ0n) is 18.5. The minimum atomic E-state index is -0.0569. The van der Waals surface area contributed by atoms with E-state index in [1.165, 1.54) is 5.56 Å². The van der Waals surface area contributed by atoms with Gasteiger partial charge in [-0.25, -0.2) is 0 Å². The highest BCUT2D eigenvalue weighted by Gasteiger charge is 2.23. The van der Waals surface area contributed by atoms with Crippen LogP contribution in [0.15, 0.2) is 41.5 Å². The maximum Gasteiger partial charge on any atom is 0.258 e. The van der Waals surface area contributed by atoms with E-state index in [-0.39, 0.29) is 12.5 Å². The molecule has 1 aromatic carbocycles. The van der Waals surface area contributed by atoms with Crippen molar-refractivity contribution >= 4 is 23.5 Å². The summed E-state index contributed by atoms with van der Waals surface area (Å²) < 4.78 is 7.59. The van der Waals surface area contributed by atoms with Gasteiger partial charge in [-0.2, -0.15) is 0 Å². The van der Waals surface area contributed by atoms with Crippen molar-refractivity contribution in [2.45, 2.75) is 38.8 Å². The summed E-state index contributed by atoms with van der Waals surface area (Å²) >= 11 is 6.10. The van der Waals surface area contributed by atoms with E-state index < -0.39 is 0 Å². The van der Waals surface area contributed by atoms with Gasteiger partial charge in [0.25, 0.3) is 5.91 Å². The lowest BCUT2D eigenvalue weighted by atomic mass is 10.1. The molecule has 168 valence electrons. The maximum absolute atomic E-state index is 11.7. The molecule has 1 fully saturated rings. The van der Waals surface area contributed by atoms with E-state index in [1.54, 1.807) is 0 Å². The van der Waals surface area contributed by atoms with Crippen LogP contribution in [0.2, 0.25) is 5.02 Å². The lowest BCUT2D eigenvalue weighted by Crippen LogP contribution is -2.39. The third-order valence-electron chi connectivity index (χ3n) is 5.07. The quantitative estimate of drug-likeness (QED) is 0.435. The topological polar surface area (TPSA) is 70.9 Å².